The second-order valence-corrected chi connectivity index (χ2v) is 8.33. The summed E-state index contributed by atoms with van der Waals surface area (Å²) in [5.74, 6) is 0.271. The standard InChI is InChI=1S/C28H24N2O5/c31-24(32)18-34-22-14-7-13-21(17-22)28(33)30-16-8-15-23(30)27-29-25(19-9-3-1-4-10-19)26(35-27)20-11-5-2-6-12-20/h1-7,9-14,17,23H,8,15-16,18H2,(H,31,32). The Labute approximate surface area is 202 Å². The predicted octanol–water partition coefficient (Wildman–Crippen LogP) is 5.45. The van der Waals surface area contributed by atoms with Crippen LogP contribution >= 0.6 is 0 Å². The Balaban J connectivity index is 1.47. The van der Waals surface area contributed by atoms with E-state index in [-0.39, 0.29) is 11.9 Å². The molecule has 3 aromatic carbocycles. The molecule has 0 bridgehead atoms. The van der Waals surface area contributed by atoms with Gasteiger partial charge in [0.25, 0.3) is 5.91 Å². The van der Waals surface area contributed by atoms with Crippen molar-refractivity contribution in [2.45, 2.75) is 18.9 Å². The number of aromatic nitrogens is 1. The summed E-state index contributed by atoms with van der Waals surface area (Å²) in [7, 11) is 0. The smallest absolute Gasteiger partial charge is 0.341 e. The number of likely N-dealkylation sites (tertiary alicyclic amines) is 1. The van der Waals surface area contributed by atoms with E-state index in [9.17, 15) is 9.59 Å². The number of hydrogen-bond acceptors (Lipinski definition) is 5. The monoisotopic (exact) mass is 468 g/mol. The van der Waals surface area contributed by atoms with Gasteiger partial charge in [0.1, 0.15) is 17.5 Å². The molecule has 1 fully saturated rings. The van der Waals surface area contributed by atoms with Crippen LogP contribution in [0.1, 0.15) is 35.1 Å². The molecule has 7 nitrogen and oxygen atoms in total. The molecule has 0 radical (unpaired) electrons. The topological polar surface area (TPSA) is 92.9 Å². The largest absolute Gasteiger partial charge is 0.482 e. The van der Waals surface area contributed by atoms with Crippen LogP contribution in [0.2, 0.25) is 0 Å². The number of oxazole rings is 1. The summed E-state index contributed by atoms with van der Waals surface area (Å²) in [5.41, 5.74) is 3.04. The molecule has 7 heteroatoms. The molecule has 1 unspecified atom stereocenters. The molecule has 1 aliphatic heterocycles. The zero-order valence-electron chi connectivity index (χ0n) is 19.0. The summed E-state index contributed by atoms with van der Waals surface area (Å²) in [4.78, 5) is 30.9. The number of nitrogens with zero attached hydrogens (tertiary/aromatic N) is 2. The molecule has 1 aliphatic rings. The molecular formula is C28H24N2O5. The van der Waals surface area contributed by atoms with Crippen molar-refractivity contribution in [2.75, 3.05) is 13.2 Å². The quantitative estimate of drug-likeness (QED) is 0.388. The second-order valence-electron chi connectivity index (χ2n) is 8.33. The minimum atomic E-state index is -1.08. The highest BCUT2D eigenvalue weighted by Crippen LogP contribution is 2.39. The maximum absolute atomic E-state index is 13.4. The van der Waals surface area contributed by atoms with Crippen molar-refractivity contribution < 1.29 is 23.8 Å². The molecule has 0 saturated carbocycles. The number of hydrogen-bond donors (Lipinski definition) is 1. The van der Waals surface area contributed by atoms with E-state index in [4.69, 9.17) is 19.2 Å². The van der Waals surface area contributed by atoms with Crippen LogP contribution in [0.4, 0.5) is 0 Å². The molecule has 1 saturated heterocycles. The Bertz CT molecular complexity index is 1280. The van der Waals surface area contributed by atoms with Crippen LogP contribution in [0.25, 0.3) is 22.6 Å². The fourth-order valence-corrected chi connectivity index (χ4v) is 4.35. The van der Waals surface area contributed by atoms with Crippen LogP contribution < -0.4 is 4.74 Å². The van der Waals surface area contributed by atoms with Gasteiger partial charge in [-0.15, -0.1) is 0 Å². The highest BCUT2D eigenvalue weighted by atomic mass is 16.5. The SMILES string of the molecule is O=C(O)COc1cccc(C(=O)N2CCCC2c2nc(-c3ccccc3)c(-c3ccccc3)o2)c1. The number of rotatable bonds is 7. The Morgan fingerprint density at radius 1 is 0.971 bits per heavy atom. The summed E-state index contributed by atoms with van der Waals surface area (Å²) in [6, 6.07) is 26.0. The highest BCUT2D eigenvalue weighted by Gasteiger charge is 2.35. The number of carbonyl (C=O) groups is 2. The minimum Gasteiger partial charge on any atom is -0.482 e. The van der Waals surface area contributed by atoms with E-state index in [1.807, 2.05) is 60.7 Å². The lowest BCUT2D eigenvalue weighted by molar-refractivity contribution is -0.139. The van der Waals surface area contributed by atoms with Crippen molar-refractivity contribution in [1.29, 1.82) is 0 Å². The minimum absolute atomic E-state index is 0.172. The first-order valence-corrected chi connectivity index (χ1v) is 11.5. The fourth-order valence-electron chi connectivity index (χ4n) is 4.35. The van der Waals surface area contributed by atoms with Crippen LogP contribution in [-0.2, 0) is 4.79 Å². The van der Waals surface area contributed by atoms with Gasteiger partial charge >= 0.3 is 5.97 Å². The highest BCUT2D eigenvalue weighted by molar-refractivity contribution is 5.95. The van der Waals surface area contributed by atoms with Gasteiger partial charge in [-0.1, -0.05) is 66.7 Å². The summed E-state index contributed by atoms with van der Waals surface area (Å²) in [5, 5.41) is 8.86. The van der Waals surface area contributed by atoms with Gasteiger partial charge in [-0.05, 0) is 31.0 Å². The molecule has 176 valence electrons. The van der Waals surface area contributed by atoms with Crippen molar-refractivity contribution >= 4 is 11.9 Å². The van der Waals surface area contributed by atoms with Crippen molar-refractivity contribution in [3.63, 3.8) is 0 Å². The van der Waals surface area contributed by atoms with Crippen LogP contribution in [0.5, 0.6) is 5.75 Å². The van der Waals surface area contributed by atoms with Crippen molar-refractivity contribution in [3.8, 4) is 28.3 Å². The molecule has 1 amide bonds. The van der Waals surface area contributed by atoms with E-state index in [1.54, 1.807) is 29.2 Å². The van der Waals surface area contributed by atoms with Gasteiger partial charge in [-0.25, -0.2) is 9.78 Å². The van der Waals surface area contributed by atoms with Crippen molar-refractivity contribution in [3.05, 3.63) is 96.4 Å². The van der Waals surface area contributed by atoms with Gasteiger partial charge in [0.15, 0.2) is 12.4 Å². The maximum Gasteiger partial charge on any atom is 0.341 e. The Morgan fingerprint density at radius 3 is 2.40 bits per heavy atom. The lowest BCUT2D eigenvalue weighted by Crippen LogP contribution is -2.30. The van der Waals surface area contributed by atoms with E-state index < -0.39 is 12.6 Å². The van der Waals surface area contributed by atoms with Gasteiger partial charge in [0.05, 0.1) is 0 Å². The number of carboxylic acids is 1. The van der Waals surface area contributed by atoms with Crippen LogP contribution in [0.15, 0.2) is 89.3 Å². The molecule has 35 heavy (non-hydrogen) atoms. The van der Waals surface area contributed by atoms with E-state index in [0.717, 1.165) is 29.7 Å². The zero-order valence-corrected chi connectivity index (χ0v) is 19.0. The van der Waals surface area contributed by atoms with Crippen LogP contribution in [-0.4, -0.2) is 40.0 Å². The summed E-state index contributed by atoms with van der Waals surface area (Å²) >= 11 is 0. The summed E-state index contributed by atoms with van der Waals surface area (Å²) in [6.07, 6.45) is 1.57. The molecule has 0 spiro atoms. The van der Waals surface area contributed by atoms with E-state index >= 15 is 0 Å². The number of ether oxygens (including phenoxy) is 1. The molecule has 1 atom stereocenters. The number of benzene rings is 3. The first-order chi connectivity index (χ1) is 17.1. The molecule has 0 aliphatic carbocycles. The lowest BCUT2D eigenvalue weighted by Gasteiger charge is -2.22. The van der Waals surface area contributed by atoms with E-state index in [1.165, 1.54) is 0 Å². The molecule has 4 aromatic rings. The first-order valence-electron chi connectivity index (χ1n) is 11.5. The van der Waals surface area contributed by atoms with Gasteiger partial charge in [0, 0.05) is 23.2 Å². The average molecular weight is 469 g/mol. The number of aliphatic carboxylic acids is 1. The third kappa shape index (κ3) is 4.80. The number of amides is 1. The molecule has 5 rings (SSSR count). The normalized spacial score (nSPS) is 15.2. The lowest BCUT2D eigenvalue weighted by atomic mass is 10.1. The van der Waals surface area contributed by atoms with Gasteiger partial charge in [0.2, 0.25) is 5.89 Å². The third-order valence-corrected chi connectivity index (χ3v) is 5.97. The van der Waals surface area contributed by atoms with Gasteiger partial charge in [-0.2, -0.15) is 0 Å². The fraction of sp³-hybridized carbons (Fsp3) is 0.179. The third-order valence-electron chi connectivity index (χ3n) is 5.97. The maximum atomic E-state index is 13.4. The molecule has 1 aromatic heterocycles. The predicted molar refractivity (Wildman–Crippen MR) is 130 cm³/mol. The molecule has 2 heterocycles. The number of carbonyl (C=O) groups excluding carboxylic acids is 1. The Morgan fingerprint density at radius 2 is 1.69 bits per heavy atom. The molecule has 1 N–H and O–H groups in total. The Hall–Kier alpha value is -4.39. The van der Waals surface area contributed by atoms with E-state index in [2.05, 4.69) is 0 Å². The van der Waals surface area contributed by atoms with Crippen molar-refractivity contribution in [1.82, 2.24) is 9.88 Å². The van der Waals surface area contributed by atoms with Gasteiger partial charge in [-0.3, -0.25) is 4.79 Å². The molecular weight excluding hydrogens is 444 g/mol. The summed E-state index contributed by atoms with van der Waals surface area (Å²) in [6.45, 7) is 0.109. The zero-order chi connectivity index (χ0) is 24.2. The number of carboxylic acid groups (broad SMARTS) is 1. The van der Waals surface area contributed by atoms with Crippen LogP contribution in [0.3, 0.4) is 0 Å². The average Bonchev–Trinajstić information content (AvgIpc) is 3.56. The summed E-state index contributed by atoms with van der Waals surface area (Å²) < 4.78 is 11.6. The van der Waals surface area contributed by atoms with E-state index in [0.29, 0.717) is 29.5 Å². The Kier molecular flexibility index (Phi) is 6.30. The second kappa shape index (κ2) is 9.85. The van der Waals surface area contributed by atoms with Gasteiger partial charge < -0.3 is 19.2 Å². The van der Waals surface area contributed by atoms with Crippen LogP contribution in [0, 0.1) is 0 Å². The van der Waals surface area contributed by atoms with Crippen molar-refractivity contribution in [2.24, 2.45) is 0 Å². The first kappa shape index (κ1) is 22.4.